The zero-order valence-electron chi connectivity index (χ0n) is 45.4. The summed E-state index contributed by atoms with van der Waals surface area (Å²) in [5, 5.41) is 29.1. The van der Waals surface area contributed by atoms with E-state index < -0.39 is 54.0 Å². The first-order chi connectivity index (χ1) is 39.7. The van der Waals surface area contributed by atoms with Gasteiger partial charge in [0.1, 0.15) is 49.9 Å². The molecule has 4 aromatic carbocycles. The van der Waals surface area contributed by atoms with Crippen LogP contribution in [0.1, 0.15) is 82.0 Å². The third kappa shape index (κ3) is 33.0. The Hall–Kier alpha value is -1.38. The minimum Gasteiger partial charge on any atom is -0.506 e. The van der Waals surface area contributed by atoms with Crippen molar-refractivity contribution in [1.29, 1.82) is 0 Å². The van der Waals surface area contributed by atoms with Crippen LogP contribution in [0.15, 0.2) is 103 Å². The molecule has 0 fully saturated rings. The van der Waals surface area contributed by atoms with Crippen molar-refractivity contribution >= 4 is 274 Å². The summed E-state index contributed by atoms with van der Waals surface area (Å²) in [6.07, 6.45) is -1.31. The van der Waals surface area contributed by atoms with Crippen molar-refractivity contribution in [2.45, 2.75) is 52.7 Å². The second-order valence-electron chi connectivity index (χ2n) is 17.0. The number of aliphatic hydroxyl groups is 2. The van der Waals surface area contributed by atoms with Crippen molar-refractivity contribution in [3.63, 3.8) is 0 Å². The molecule has 2 atom stereocenters. The molecule has 3 N–H and O–H groups in total. The van der Waals surface area contributed by atoms with Crippen molar-refractivity contribution in [3.05, 3.63) is 161 Å². The van der Waals surface area contributed by atoms with Crippen LogP contribution in [0, 0.1) is 35.7 Å². The molecule has 4 rings (SSSR count). The second-order valence-corrected chi connectivity index (χ2v) is 28.9. The lowest BCUT2D eigenvalue weighted by atomic mass is 10.2. The van der Waals surface area contributed by atoms with Crippen molar-refractivity contribution in [1.82, 2.24) is 0 Å². The highest BCUT2D eigenvalue weighted by atomic mass is 127. The van der Waals surface area contributed by atoms with Crippen LogP contribution in [-0.2, 0) is 57.1 Å². The van der Waals surface area contributed by atoms with Gasteiger partial charge < -0.3 is 53.2 Å². The molecule has 462 valence electrons. The van der Waals surface area contributed by atoms with E-state index in [2.05, 4.69) is 207 Å². The molecule has 0 aliphatic rings. The fourth-order valence-electron chi connectivity index (χ4n) is 5.20. The van der Waals surface area contributed by atoms with Gasteiger partial charge in [0.15, 0.2) is 0 Å². The molecular formula is C56H54I10O19. The summed E-state index contributed by atoms with van der Waals surface area (Å²) in [5.74, 6) is -4.17. The molecule has 0 aliphatic heterocycles. The average Bonchev–Trinajstić information content (AvgIpc) is 3.56. The molecule has 85 heavy (non-hydrogen) atoms. The Morgan fingerprint density at radius 2 is 0.671 bits per heavy atom. The van der Waals surface area contributed by atoms with E-state index in [-0.39, 0.29) is 81.3 Å². The van der Waals surface area contributed by atoms with Crippen LogP contribution in [0.5, 0.6) is 5.75 Å². The van der Waals surface area contributed by atoms with Gasteiger partial charge in [0.25, 0.3) is 0 Å². The van der Waals surface area contributed by atoms with Crippen molar-refractivity contribution < 1.29 is 91.6 Å². The largest absolute Gasteiger partial charge is 0.506 e. The van der Waals surface area contributed by atoms with E-state index in [1.165, 1.54) is 13.8 Å². The number of carbonyl (C=O) groups excluding carboxylic acids is 8. The number of ether oxygens (including phenoxy) is 8. The van der Waals surface area contributed by atoms with Gasteiger partial charge in [0.05, 0.1) is 46.7 Å². The maximum absolute atomic E-state index is 12.1. The minimum absolute atomic E-state index is 0.0882. The Labute approximate surface area is 628 Å². The summed E-state index contributed by atoms with van der Waals surface area (Å²) < 4.78 is 48.2. The van der Waals surface area contributed by atoms with Crippen LogP contribution >= 0.6 is 226 Å². The van der Waals surface area contributed by atoms with Crippen molar-refractivity contribution in [2.24, 2.45) is 0 Å². The third-order valence-corrected chi connectivity index (χ3v) is 17.0. The number of halogens is 10. The predicted octanol–water partition coefficient (Wildman–Crippen LogP) is 13.1. The summed E-state index contributed by atoms with van der Waals surface area (Å²) in [6, 6.07) is 16.2. The Bertz CT molecular complexity index is 3060. The van der Waals surface area contributed by atoms with Gasteiger partial charge in [-0.25, -0.2) is 38.4 Å². The number of phenolic OH excluding ortho intramolecular Hbond substituents is 1. The zero-order chi connectivity index (χ0) is 64.8. The van der Waals surface area contributed by atoms with Gasteiger partial charge in [-0.2, -0.15) is 0 Å². The number of esters is 8. The van der Waals surface area contributed by atoms with E-state index in [0.29, 0.717) is 44.2 Å². The normalized spacial score (nSPS) is 10.9. The van der Waals surface area contributed by atoms with Crippen LogP contribution in [0.2, 0.25) is 0 Å². The maximum Gasteiger partial charge on any atom is 0.341 e. The molecule has 0 saturated carbocycles. The van der Waals surface area contributed by atoms with Crippen LogP contribution in [0.25, 0.3) is 0 Å². The molecule has 0 saturated heterocycles. The standard InChI is InChI=1S/C14H13I3O5.C14H13I3O4.2C14H14I2O5/c1-7(2)13(19)21-5-9(18)6-22-14(20)12-10(16)3-8(15)4-11(12)17;1-8(2)13(18)20-4-3-5-21-14(19)12-10(16)6-9(15)7-11(12)17;1-8(2)13(18)20-6-10(17)7-21-14(19)11-4-3-9(15)5-12(11)16;1-8(2)13(18)20-4-3-5-21-14(19)10-6-9(15)7-11(16)12(10)17/h3-4,9,18H,1,5-6H2,2H3;6-7H,1,3-5H2,2H3;3-5,10,17H,1,6-7H2,2H3;6-7,17H,1,3-5H2,2H3. The highest BCUT2D eigenvalue weighted by molar-refractivity contribution is 14.1. The van der Waals surface area contributed by atoms with Gasteiger partial charge in [-0.1, -0.05) is 26.3 Å². The molecule has 2 unspecified atom stereocenters. The molecule has 0 heterocycles. The Morgan fingerprint density at radius 3 is 1.06 bits per heavy atom. The van der Waals surface area contributed by atoms with E-state index >= 15 is 0 Å². The Kier molecular flexibility index (Phi) is 41.7. The van der Waals surface area contributed by atoms with Gasteiger partial charge in [-0.05, 0) is 308 Å². The van der Waals surface area contributed by atoms with E-state index in [1.54, 1.807) is 38.1 Å². The third-order valence-electron chi connectivity index (χ3n) is 9.35. The number of benzene rings is 4. The van der Waals surface area contributed by atoms with Gasteiger partial charge in [-0.3, -0.25) is 0 Å². The minimum atomic E-state index is -1.08. The molecule has 0 aliphatic carbocycles. The summed E-state index contributed by atoms with van der Waals surface area (Å²) >= 11 is 20.9. The summed E-state index contributed by atoms with van der Waals surface area (Å²) in [7, 11) is 0. The Morgan fingerprint density at radius 1 is 0.376 bits per heavy atom. The van der Waals surface area contributed by atoms with E-state index in [0.717, 1.165) is 32.1 Å². The lowest BCUT2D eigenvalue weighted by Crippen LogP contribution is -2.26. The molecule has 0 radical (unpaired) electrons. The number of aromatic hydroxyl groups is 1. The van der Waals surface area contributed by atoms with E-state index in [9.17, 15) is 53.7 Å². The average molecular weight is 2300 g/mol. The van der Waals surface area contributed by atoms with Crippen LogP contribution in [-0.4, -0.2) is 128 Å². The van der Waals surface area contributed by atoms with Gasteiger partial charge in [0, 0.05) is 67.3 Å². The first kappa shape index (κ1) is 81.6. The van der Waals surface area contributed by atoms with Gasteiger partial charge >= 0.3 is 47.8 Å². The summed E-state index contributed by atoms with van der Waals surface area (Å²) in [4.78, 5) is 92.5. The smallest absolute Gasteiger partial charge is 0.341 e. The number of rotatable bonds is 24. The number of aliphatic hydroxyl groups excluding tert-OH is 2. The molecule has 0 spiro atoms. The first-order valence-electron chi connectivity index (χ1n) is 24.0. The van der Waals surface area contributed by atoms with Crippen LogP contribution in [0.3, 0.4) is 0 Å². The number of hydrogen-bond donors (Lipinski definition) is 3. The molecule has 19 nitrogen and oxygen atoms in total. The van der Waals surface area contributed by atoms with Crippen LogP contribution < -0.4 is 0 Å². The fraction of sp³-hybridized carbons (Fsp3) is 0.286. The molecular weight excluding hydrogens is 2250 g/mol. The molecule has 0 amide bonds. The highest BCUT2D eigenvalue weighted by Crippen LogP contribution is 2.28. The number of hydrogen-bond acceptors (Lipinski definition) is 19. The Balaban J connectivity index is 0.000000567. The molecule has 29 heteroatoms. The predicted molar refractivity (Wildman–Crippen MR) is 400 cm³/mol. The monoisotopic (exact) mass is 2300 g/mol. The van der Waals surface area contributed by atoms with E-state index in [4.69, 9.17) is 37.9 Å². The van der Waals surface area contributed by atoms with E-state index in [1.807, 2.05) is 75.5 Å². The van der Waals surface area contributed by atoms with Gasteiger partial charge in [-0.15, -0.1) is 0 Å². The quantitative estimate of drug-likeness (QED) is 0.0193. The lowest BCUT2D eigenvalue weighted by Gasteiger charge is -2.13. The van der Waals surface area contributed by atoms with Crippen molar-refractivity contribution in [2.75, 3.05) is 52.9 Å². The number of phenols is 1. The summed E-state index contributed by atoms with van der Waals surface area (Å²) in [6.45, 7) is 19.6. The lowest BCUT2D eigenvalue weighted by molar-refractivity contribution is -0.143. The zero-order valence-corrected chi connectivity index (χ0v) is 67.0. The summed E-state index contributed by atoms with van der Waals surface area (Å²) in [5.41, 5.74) is 2.77. The van der Waals surface area contributed by atoms with Crippen molar-refractivity contribution in [3.8, 4) is 5.75 Å². The SMILES string of the molecule is C=C(C)C(=O)OCC(O)COC(=O)c1c(I)cc(I)cc1I.C=C(C)C(=O)OCC(O)COC(=O)c1ccc(I)cc1I.C=C(C)C(=O)OCCCOC(=O)c1c(I)cc(I)cc1I.C=C(C)C(=O)OCCCOC(=O)c1cc(I)cc(I)c1O. The van der Waals surface area contributed by atoms with Crippen LogP contribution in [0.4, 0.5) is 0 Å². The first-order valence-corrected chi connectivity index (χ1v) is 34.7. The molecule has 4 aromatic rings. The number of carbonyl (C=O) groups is 8. The fourth-order valence-corrected chi connectivity index (χ4v) is 16.9. The molecule has 0 aromatic heterocycles. The maximum atomic E-state index is 12.1. The second kappa shape index (κ2) is 43.4. The van der Waals surface area contributed by atoms with Gasteiger partial charge in [0.2, 0.25) is 0 Å². The highest BCUT2D eigenvalue weighted by Gasteiger charge is 2.21. The topological polar surface area (TPSA) is 271 Å². The molecule has 0 bridgehead atoms.